The van der Waals surface area contributed by atoms with E-state index in [-0.39, 0.29) is 6.42 Å². The van der Waals surface area contributed by atoms with Crippen molar-refractivity contribution in [3.63, 3.8) is 0 Å². The average molecular weight is 150 g/mol. The van der Waals surface area contributed by atoms with Gasteiger partial charge in [-0.05, 0) is 0 Å². The summed E-state index contributed by atoms with van der Waals surface area (Å²) in [6.45, 7) is 3.21. The molecule has 52 valence electrons. The van der Waals surface area contributed by atoms with E-state index in [1.165, 1.54) is 6.08 Å². The van der Waals surface area contributed by atoms with Crippen LogP contribution in [-0.4, -0.2) is 14.4 Å². The number of thiol groups is 1. The Morgan fingerprint density at radius 3 is 2.56 bits per heavy atom. The van der Waals surface area contributed by atoms with Crippen molar-refractivity contribution in [1.82, 2.24) is 0 Å². The Labute approximate surface area is 54.3 Å². The van der Waals surface area contributed by atoms with Crippen molar-refractivity contribution in [1.29, 1.82) is 0 Å². The zero-order chi connectivity index (χ0) is 7.28. The first-order valence-electron chi connectivity index (χ1n) is 2.13. The number of carbonyl (C=O) groups excluding carboxylic acids is 1. The Balaban J connectivity index is 3.63. The Morgan fingerprint density at radius 1 is 1.67 bits per heavy atom. The van der Waals surface area contributed by atoms with E-state index >= 15 is 0 Å². The van der Waals surface area contributed by atoms with Gasteiger partial charge in [-0.3, -0.25) is 4.79 Å². The molecule has 0 amide bonds. The van der Waals surface area contributed by atoms with Crippen LogP contribution >= 0.6 is 0 Å². The van der Waals surface area contributed by atoms with E-state index in [1.54, 1.807) is 0 Å². The first-order valence-corrected chi connectivity index (χ1v) is 3.22. The molecule has 0 aromatic rings. The van der Waals surface area contributed by atoms with Gasteiger partial charge in [0.25, 0.3) is 0 Å². The molecule has 0 aromatic heterocycles. The fraction of sp³-hybridized carbons (Fsp3) is 0.250. The monoisotopic (exact) mass is 150 g/mol. The SMILES string of the molecule is C=CCC(=O)O[SH](=O)=O. The van der Waals surface area contributed by atoms with Crippen molar-refractivity contribution in [2.24, 2.45) is 0 Å². The summed E-state index contributed by atoms with van der Waals surface area (Å²) in [5.74, 6) is -0.805. The number of hydrogen-bond donors (Lipinski definition) is 1. The number of rotatable bonds is 3. The van der Waals surface area contributed by atoms with Crippen molar-refractivity contribution in [3.05, 3.63) is 12.7 Å². The van der Waals surface area contributed by atoms with Gasteiger partial charge in [0, 0.05) is 0 Å². The van der Waals surface area contributed by atoms with Crippen LogP contribution in [-0.2, 0) is 20.0 Å². The molecule has 5 heteroatoms. The molecule has 0 N–H and O–H groups in total. The summed E-state index contributed by atoms with van der Waals surface area (Å²) in [6.07, 6.45) is 1.19. The van der Waals surface area contributed by atoms with E-state index in [1.807, 2.05) is 0 Å². The maximum atomic E-state index is 10.2. The summed E-state index contributed by atoms with van der Waals surface area (Å²) in [5, 5.41) is 0. The Kier molecular flexibility index (Phi) is 3.70. The molecular weight excluding hydrogens is 144 g/mol. The van der Waals surface area contributed by atoms with Crippen LogP contribution in [0.25, 0.3) is 0 Å². The van der Waals surface area contributed by atoms with Crippen LogP contribution in [0.2, 0.25) is 0 Å². The lowest BCUT2D eigenvalue weighted by Crippen LogP contribution is -1.99. The number of hydrogen-bond acceptors (Lipinski definition) is 4. The quantitative estimate of drug-likeness (QED) is 0.440. The van der Waals surface area contributed by atoms with Crippen molar-refractivity contribution >= 4 is 17.0 Å². The van der Waals surface area contributed by atoms with Crippen LogP contribution in [0.3, 0.4) is 0 Å². The first-order chi connectivity index (χ1) is 4.16. The fourth-order valence-electron chi connectivity index (χ4n) is 0.238. The maximum Gasteiger partial charge on any atom is 0.325 e. The Bertz CT molecular complexity index is 173. The zero-order valence-electron chi connectivity index (χ0n) is 4.57. The maximum absolute atomic E-state index is 10.2. The molecule has 0 atom stereocenters. The van der Waals surface area contributed by atoms with Gasteiger partial charge in [-0.2, -0.15) is 8.42 Å². The van der Waals surface area contributed by atoms with Crippen LogP contribution < -0.4 is 0 Å². The molecule has 0 spiro atoms. The fourth-order valence-corrected chi connectivity index (χ4v) is 0.479. The van der Waals surface area contributed by atoms with Crippen LogP contribution in [0.1, 0.15) is 6.42 Å². The van der Waals surface area contributed by atoms with Crippen LogP contribution in [0.15, 0.2) is 12.7 Å². The molecule has 0 radical (unpaired) electrons. The third-order valence-corrected chi connectivity index (χ3v) is 0.840. The van der Waals surface area contributed by atoms with Crippen molar-refractivity contribution < 1.29 is 17.4 Å². The smallest absolute Gasteiger partial charge is 0.325 e. The van der Waals surface area contributed by atoms with E-state index in [0.717, 1.165) is 0 Å². The average Bonchev–Trinajstić information content (AvgIpc) is 1.63. The van der Waals surface area contributed by atoms with Gasteiger partial charge in [0.05, 0.1) is 6.42 Å². The summed E-state index contributed by atoms with van der Waals surface area (Å²) in [5.41, 5.74) is 0. The predicted octanol–water partition coefficient (Wildman–Crippen LogP) is -0.368. The summed E-state index contributed by atoms with van der Waals surface area (Å²) in [7, 11) is -3.05. The van der Waals surface area contributed by atoms with Crippen LogP contribution in [0.5, 0.6) is 0 Å². The standard InChI is InChI=1S/C4H6O4S/c1-2-3-4(5)8-9(6)7/h2,9H,1,3H2. The molecule has 0 fully saturated rings. The highest BCUT2D eigenvalue weighted by Gasteiger charge is 1.97. The van der Waals surface area contributed by atoms with Crippen molar-refractivity contribution in [2.75, 3.05) is 0 Å². The van der Waals surface area contributed by atoms with Gasteiger partial charge >= 0.3 is 17.0 Å². The zero-order valence-corrected chi connectivity index (χ0v) is 5.47. The van der Waals surface area contributed by atoms with E-state index in [2.05, 4.69) is 10.8 Å². The first kappa shape index (κ1) is 8.16. The van der Waals surface area contributed by atoms with Gasteiger partial charge < -0.3 is 4.18 Å². The van der Waals surface area contributed by atoms with E-state index < -0.39 is 17.0 Å². The van der Waals surface area contributed by atoms with Gasteiger partial charge in [-0.15, -0.1) is 6.58 Å². The molecule has 0 aromatic carbocycles. The third-order valence-electron chi connectivity index (χ3n) is 0.487. The second-order valence-electron chi connectivity index (χ2n) is 1.18. The van der Waals surface area contributed by atoms with Gasteiger partial charge in [0.15, 0.2) is 0 Å². The van der Waals surface area contributed by atoms with E-state index in [9.17, 15) is 13.2 Å². The van der Waals surface area contributed by atoms with Crippen molar-refractivity contribution in [3.8, 4) is 0 Å². The molecule has 0 aliphatic heterocycles. The second-order valence-corrected chi connectivity index (χ2v) is 1.81. The lowest BCUT2D eigenvalue weighted by atomic mass is 10.4. The normalized spacial score (nSPS) is 9.00. The highest BCUT2D eigenvalue weighted by molar-refractivity contribution is 7.67. The third kappa shape index (κ3) is 5.02. The molecule has 0 aliphatic rings. The van der Waals surface area contributed by atoms with E-state index in [4.69, 9.17) is 0 Å². The summed E-state index contributed by atoms with van der Waals surface area (Å²) in [6, 6.07) is 0. The van der Waals surface area contributed by atoms with Crippen LogP contribution in [0, 0.1) is 0 Å². The molecule has 4 nitrogen and oxygen atoms in total. The minimum absolute atomic E-state index is 0.0800. The molecule has 0 saturated heterocycles. The molecular formula is C4H6O4S. The van der Waals surface area contributed by atoms with E-state index in [0.29, 0.717) is 0 Å². The molecule has 0 saturated carbocycles. The summed E-state index contributed by atoms with van der Waals surface area (Å²) < 4.78 is 23.0. The molecule has 0 unspecified atom stereocenters. The highest BCUT2D eigenvalue weighted by atomic mass is 32.2. The van der Waals surface area contributed by atoms with Crippen molar-refractivity contribution in [2.45, 2.75) is 6.42 Å². The van der Waals surface area contributed by atoms with Gasteiger partial charge in [0.2, 0.25) is 0 Å². The molecule has 9 heavy (non-hydrogen) atoms. The Hall–Kier alpha value is -0.840. The minimum atomic E-state index is -3.05. The topological polar surface area (TPSA) is 60.4 Å². The minimum Gasteiger partial charge on any atom is -0.347 e. The largest absolute Gasteiger partial charge is 0.347 e. The predicted molar refractivity (Wildman–Crippen MR) is 31.2 cm³/mol. The molecule has 0 bridgehead atoms. The van der Waals surface area contributed by atoms with Gasteiger partial charge in [-0.25, -0.2) is 0 Å². The highest BCUT2D eigenvalue weighted by Crippen LogP contribution is 1.84. The van der Waals surface area contributed by atoms with Gasteiger partial charge in [0.1, 0.15) is 0 Å². The Morgan fingerprint density at radius 2 is 2.22 bits per heavy atom. The number of carbonyl (C=O) groups is 1. The molecule has 0 aliphatic carbocycles. The summed E-state index contributed by atoms with van der Waals surface area (Å²) in [4.78, 5) is 10.2. The van der Waals surface area contributed by atoms with Crippen LogP contribution in [0.4, 0.5) is 0 Å². The lowest BCUT2D eigenvalue weighted by Gasteiger charge is -1.88. The molecule has 0 rings (SSSR count). The lowest BCUT2D eigenvalue weighted by molar-refractivity contribution is -0.132. The summed E-state index contributed by atoms with van der Waals surface area (Å²) >= 11 is 0. The van der Waals surface area contributed by atoms with Gasteiger partial charge in [-0.1, -0.05) is 6.08 Å². The second kappa shape index (κ2) is 4.08. The molecule has 0 heterocycles.